The second-order valence-electron chi connectivity index (χ2n) is 3.62. The van der Waals surface area contributed by atoms with E-state index in [4.69, 9.17) is 0 Å². The van der Waals surface area contributed by atoms with Gasteiger partial charge in [0.2, 0.25) is 0 Å². The van der Waals surface area contributed by atoms with Gasteiger partial charge in [-0.3, -0.25) is 0 Å². The molecule has 1 aliphatic carbocycles. The first-order valence-electron chi connectivity index (χ1n) is 4.01. The summed E-state index contributed by atoms with van der Waals surface area (Å²) in [4.78, 5) is 2.46. The van der Waals surface area contributed by atoms with Crippen LogP contribution in [0.3, 0.4) is 0 Å². The highest BCUT2D eigenvalue weighted by Crippen LogP contribution is 2.52. The number of hydrogen-bond donors (Lipinski definition) is 0. The molecule has 0 bridgehead atoms. The predicted octanol–water partition coefficient (Wildman–Crippen LogP) is 1.20. The van der Waals surface area contributed by atoms with E-state index in [1.807, 2.05) is 0 Å². The smallest absolute Gasteiger partial charge is 0.00127 e. The van der Waals surface area contributed by atoms with E-state index in [2.05, 4.69) is 18.9 Å². The van der Waals surface area contributed by atoms with Gasteiger partial charge in [0.15, 0.2) is 0 Å². The summed E-state index contributed by atoms with van der Waals surface area (Å²) in [7, 11) is 2.24. The highest BCUT2D eigenvalue weighted by atomic mass is 15.2. The third kappa shape index (κ3) is 0.710. The van der Waals surface area contributed by atoms with E-state index in [0.717, 1.165) is 17.8 Å². The highest BCUT2D eigenvalue weighted by molar-refractivity contribution is 5.03. The van der Waals surface area contributed by atoms with E-state index in [9.17, 15) is 0 Å². The first kappa shape index (κ1) is 5.72. The van der Waals surface area contributed by atoms with Crippen molar-refractivity contribution in [3.8, 4) is 0 Å². The molecule has 0 aromatic rings. The van der Waals surface area contributed by atoms with Crippen LogP contribution >= 0.6 is 0 Å². The third-order valence-electron chi connectivity index (χ3n) is 3.03. The van der Waals surface area contributed by atoms with Crippen LogP contribution in [-0.4, -0.2) is 25.0 Å². The third-order valence-corrected chi connectivity index (χ3v) is 3.03. The fraction of sp³-hybridized carbons (Fsp3) is 1.00. The Labute approximate surface area is 57.0 Å². The lowest BCUT2D eigenvalue weighted by Crippen LogP contribution is -2.18. The van der Waals surface area contributed by atoms with Gasteiger partial charge >= 0.3 is 0 Å². The molecule has 2 rings (SSSR count). The fourth-order valence-corrected chi connectivity index (χ4v) is 2.47. The summed E-state index contributed by atoms with van der Waals surface area (Å²) >= 11 is 0. The maximum atomic E-state index is 2.46. The van der Waals surface area contributed by atoms with Gasteiger partial charge in [0.25, 0.3) is 0 Å². The van der Waals surface area contributed by atoms with Gasteiger partial charge in [0, 0.05) is 13.1 Å². The number of piperidine rings is 1. The summed E-state index contributed by atoms with van der Waals surface area (Å²) in [6, 6.07) is 0. The average Bonchev–Trinajstić information content (AvgIpc) is 2.30. The Morgan fingerprint density at radius 2 is 1.89 bits per heavy atom. The molecule has 1 heteroatoms. The molecule has 1 nitrogen and oxygen atoms in total. The summed E-state index contributed by atoms with van der Waals surface area (Å²) in [6.45, 7) is 5.08. The van der Waals surface area contributed by atoms with Gasteiger partial charge < -0.3 is 4.90 Å². The van der Waals surface area contributed by atoms with Gasteiger partial charge in [-0.15, -0.1) is 0 Å². The van der Waals surface area contributed by atoms with Gasteiger partial charge in [-0.2, -0.15) is 0 Å². The molecule has 0 aromatic carbocycles. The van der Waals surface area contributed by atoms with Crippen LogP contribution in [0.4, 0.5) is 0 Å². The molecule has 0 amide bonds. The molecule has 0 aromatic heterocycles. The molecule has 3 atom stereocenters. The van der Waals surface area contributed by atoms with Crippen LogP contribution in [0.15, 0.2) is 0 Å². The van der Waals surface area contributed by atoms with Crippen molar-refractivity contribution >= 4 is 0 Å². The van der Waals surface area contributed by atoms with Crippen LogP contribution < -0.4 is 0 Å². The second kappa shape index (κ2) is 1.72. The van der Waals surface area contributed by atoms with Crippen molar-refractivity contribution < 1.29 is 0 Å². The first-order chi connectivity index (χ1) is 4.33. The lowest BCUT2D eigenvalue weighted by atomic mass is 10.2. The Kier molecular flexibility index (Phi) is 1.10. The standard InChI is InChI=1S/C8H15N/c1-3-6-7-4-9(2)5-8(6)7/h6-8H,3-5H2,1-2H3/t6-,7+,8-. The van der Waals surface area contributed by atoms with Gasteiger partial charge in [-0.1, -0.05) is 13.3 Å². The minimum Gasteiger partial charge on any atom is -0.306 e. The number of rotatable bonds is 1. The summed E-state index contributed by atoms with van der Waals surface area (Å²) in [5.41, 5.74) is 0. The largest absolute Gasteiger partial charge is 0.306 e. The minimum atomic E-state index is 1.10. The number of likely N-dealkylation sites (tertiary alicyclic amines) is 1. The van der Waals surface area contributed by atoms with Gasteiger partial charge in [0.05, 0.1) is 0 Å². The normalized spacial score (nSPS) is 49.3. The zero-order chi connectivity index (χ0) is 6.43. The van der Waals surface area contributed by atoms with E-state index in [-0.39, 0.29) is 0 Å². The van der Waals surface area contributed by atoms with Crippen molar-refractivity contribution in [2.45, 2.75) is 13.3 Å². The Bertz CT molecular complexity index is 110. The SMILES string of the molecule is CC[C@H]1[C@H]2CN(C)C[C@@H]12. The first-order valence-corrected chi connectivity index (χ1v) is 4.01. The fourth-order valence-electron chi connectivity index (χ4n) is 2.47. The van der Waals surface area contributed by atoms with Crippen LogP contribution in [-0.2, 0) is 0 Å². The van der Waals surface area contributed by atoms with Gasteiger partial charge in [0.1, 0.15) is 0 Å². The van der Waals surface area contributed by atoms with Crippen LogP contribution in [0.2, 0.25) is 0 Å². The van der Waals surface area contributed by atoms with Crippen molar-refractivity contribution in [3.05, 3.63) is 0 Å². The molecule has 52 valence electrons. The van der Waals surface area contributed by atoms with E-state index >= 15 is 0 Å². The number of nitrogens with zero attached hydrogens (tertiary/aromatic N) is 1. The van der Waals surface area contributed by atoms with Crippen LogP contribution in [0.1, 0.15) is 13.3 Å². The molecule has 0 N–H and O–H groups in total. The lowest BCUT2D eigenvalue weighted by Gasteiger charge is -2.10. The van der Waals surface area contributed by atoms with Crippen LogP contribution in [0.5, 0.6) is 0 Å². The molecule has 0 spiro atoms. The molecule has 0 radical (unpaired) electrons. The Balaban J connectivity index is 1.91. The van der Waals surface area contributed by atoms with Crippen molar-refractivity contribution in [2.24, 2.45) is 17.8 Å². The molecule has 1 heterocycles. The summed E-state index contributed by atoms with van der Waals surface area (Å²) in [5.74, 6) is 3.31. The molecule has 2 fully saturated rings. The van der Waals surface area contributed by atoms with Crippen molar-refractivity contribution in [2.75, 3.05) is 20.1 Å². The van der Waals surface area contributed by atoms with Crippen LogP contribution in [0.25, 0.3) is 0 Å². The lowest BCUT2D eigenvalue weighted by molar-refractivity contribution is 0.342. The molecular formula is C8H15N. The summed E-state index contributed by atoms with van der Waals surface area (Å²) < 4.78 is 0. The maximum absolute atomic E-state index is 2.46. The predicted molar refractivity (Wildman–Crippen MR) is 38.3 cm³/mol. The molecule has 1 aliphatic heterocycles. The monoisotopic (exact) mass is 125 g/mol. The van der Waals surface area contributed by atoms with E-state index in [1.54, 1.807) is 0 Å². The van der Waals surface area contributed by atoms with Gasteiger partial charge in [-0.05, 0) is 24.8 Å². The highest BCUT2D eigenvalue weighted by Gasteiger charge is 2.53. The van der Waals surface area contributed by atoms with Crippen LogP contribution in [0, 0.1) is 17.8 Å². The second-order valence-corrected chi connectivity index (χ2v) is 3.62. The topological polar surface area (TPSA) is 3.24 Å². The van der Waals surface area contributed by atoms with Gasteiger partial charge in [-0.25, -0.2) is 0 Å². The molecule has 9 heavy (non-hydrogen) atoms. The molecule has 0 unspecified atom stereocenters. The minimum absolute atomic E-state index is 1.10. The zero-order valence-corrected chi connectivity index (χ0v) is 6.30. The zero-order valence-electron chi connectivity index (χ0n) is 6.30. The summed E-state index contributed by atoms with van der Waals surface area (Å²) in [6.07, 6.45) is 1.42. The Morgan fingerprint density at radius 3 is 2.33 bits per heavy atom. The molecule has 2 aliphatic rings. The van der Waals surface area contributed by atoms with Crippen molar-refractivity contribution in [3.63, 3.8) is 0 Å². The summed E-state index contributed by atoms with van der Waals surface area (Å²) in [5, 5.41) is 0. The number of fused-ring (bicyclic) bond motifs is 1. The molecule has 1 saturated carbocycles. The Morgan fingerprint density at radius 1 is 1.33 bits per heavy atom. The van der Waals surface area contributed by atoms with E-state index in [0.29, 0.717) is 0 Å². The molecular weight excluding hydrogens is 110 g/mol. The van der Waals surface area contributed by atoms with E-state index < -0.39 is 0 Å². The average molecular weight is 125 g/mol. The molecule has 1 saturated heterocycles. The van der Waals surface area contributed by atoms with Crippen molar-refractivity contribution in [1.82, 2.24) is 4.90 Å². The van der Waals surface area contributed by atoms with Crippen molar-refractivity contribution in [1.29, 1.82) is 0 Å². The maximum Gasteiger partial charge on any atom is 0.00127 e. The Hall–Kier alpha value is -0.0400. The van der Waals surface area contributed by atoms with E-state index in [1.165, 1.54) is 19.5 Å². The quantitative estimate of drug-likeness (QED) is 0.509. The number of hydrogen-bond acceptors (Lipinski definition) is 1.